The first kappa shape index (κ1) is 27.3. The molecule has 4 N–H and O–H groups in total. The summed E-state index contributed by atoms with van der Waals surface area (Å²) in [7, 11) is 0. The van der Waals surface area contributed by atoms with E-state index in [0.29, 0.717) is 11.3 Å². The van der Waals surface area contributed by atoms with E-state index in [1.165, 1.54) is 30.5 Å². The van der Waals surface area contributed by atoms with Crippen molar-refractivity contribution >= 4 is 53.0 Å². The van der Waals surface area contributed by atoms with Crippen LogP contribution in [-0.4, -0.2) is 41.4 Å². The highest BCUT2D eigenvalue weighted by Gasteiger charge is 2.26. The number of halogens is 2. The molecule has 1 aromatic heterocycles. The van der Waals surface area contributed by atoms with Gasteiger partial charge in [0.15, 0.2) is 0 Å². The van der Waals surface area contributed by atoms with Crippen molar-refractivity contribution in [2.75, 3.05) is 6.54 Å². The van der Waals surface area contributed by atoms with Crippen LogP contribution in [0.3, 0.4) is 0 Å². The van der Waals surface area contributed by atoms with Gasteiger partial charge in [0.2, 0.25) is 11.8 Å². The van der Waals surface area contributed by atoms with Crippen molar-refractivity contribution in [3.8, 4) is 0 Å². The van der Waals surface area contributed by atoms with E-state index in [9.17, 15) is 24.3 Å². The fourth-order valence-electron chi connectivity index (χ4n) is 3.88. The topological polar surface area (TPSA) is 138 Å². The first-order chi connectivity index (χ1) is 17.2. The van der Waals surface area contributed by atoms with E-state index in [1.54, 1.807) is 12.1 Å². The van der Waals surface area contributed by atoms with E-state index in [2.05, 4.69) is 16.0 Å². The number of carbonyl (C=O) groups excluding carboxylic acids is 3. The Labute approximate surface area is 218 Å². The molecular formula is C25H27Cl2N3O6. The maximum Gasteiger partial charge on any atom is 0.328 e. The third kappa shape index (κ3) is 7.86. The minimum Gasteiger partial charge on any atom is -0.480 e. The van der Waals surface area contributed by atoms with Crippen molar-refractivity contribution in [3.05, 3.63) is 63.5 Å². The summed E-state index contributed by atoms with van der Waals surface area (Å²) in [5.74, 6) is -2.29. The summed E-state index contributed by atoms with van der Waals surface area (Å²) in [6.07, 6.45) is 8.88. The Morgan fingerprint density at radius 1 is 1.08 bits per heavy atom. The van der Waals surface area contributed by atoms with Crippen LogP contribution in [-0.2, 0) is 20.9 Å². The Morgan fingerprint density at radius 2 is 1.78 bits per heavy atom. The zero-order valence-corrected chi connectivity index (χ0v) is 20.9. The molecule has 2 aromatic rings. The molecule has 0 radical (unpaired) electrons. The smallest absolute Gasteiger partial charge is 0.328 e. The Morgan fingerprint density at radius 3 is 2.39 bits per heavy atom. The summed E-state index contributed by atoms with van der Waals surface area (Å²) >= 11 is 12.5. The first-order valence-electron chi connectivity index (χ1n) is 11.5. The molecule has 0 spiro atoms. The van der Waals surface area contributed by atoms with Crippen LogP contribution in [0.5, 0.6) is 0 Å². The molecule has 0 saturated heterocycles. The molecule has 1 heterocycles. The molecule has 1 aliphatic carbocycles. The molecule has 1 saturated carbocycles. The SMILES string of the molecule is O=C(/C=C/c1ccco1)NCc1cc(Cl)c(C(=O)NC(CNC(=O)C2CCCCC2)C(=O)O)c(Cl)c1. The van der Waals surface area contributed by atoms with E-state index in [-0.39, 0.29) is 46.4 Å². The van der Waals surface area contributed by atoms with Gasteiger partial charge < -0.3 is 25.5 Å². The predicted octanol–water partition coefficient (Wildman–Crippen LogP) is 3.80. The summed E-state index contributed by atoms with van der Waals surface area (Å²) in [6.45, 7) is -0.172. The second-order valence-electron chi connectivity index (χ2n) is 8.45. The Balaban J connectivity index is 1.57. The minimum absolute atomic E-state index is 0.00856. The van der Waals surface area contributed by atoms with Gasteiger partial charge in [-0.3, -0.25) is 14.4 Å². The number of benzene rings is 1. The number of furan rings is 1. The molecular weight excluding hydrogens is 509 g/mol. The van der Waals surface area contributed by atoms with Crippen molar-refractivity contribution in [2.45, 2.75) is 44.7 Å². The number of hydrogen-bond donors (Lipinski definition) is 4. The third-order valence-electron chi connectivity index (χ3n) is 5.80. The maximum atomic E-state index is 12.8. The lowest BCUT2D eigenvalue weighted by atomic mass is 9.88. The largest absolute Gasteiger partial charge is 0.480 e. The summed E-state index contributed by atoms with van der Waals surface area (Å²) in [5.41, 5.74) is 0.437. The molecule has 1 aromatic carbocycles. The van der Waals surface area contributed by atoms with Crippen LogP contribution in [0.25, 0.3) is 6.08 Å². The number of carbonyl (C=O) groups is 4. The number of amides is 3. The summed E-state index contributed by atoms with van der Waals surface area (Å²) in [4.78, 5) is 48.8. The monoisotopic (exact) mass is 535 g/mol. The number of carboxylic acid groups (broad SMARTS) is 1. The van der Waals surface area contributed by atoms with E-state index >= 15 is 0 Å². The van der Waals surface area contributed by atoms with Crippen LogP contribution >= 0.6 is 23.2 Å². The lowest BCUT2D eigenvalue weighted by Crippen LogP contribution is -2.49. The summed E-state index contributed by atoms with van der Waals surface area (Å²) in [6, 6.07) is 4.95. The summed E-state index contributed by atoms with van der Waals surface area (Å²) in [5, 5.41) is 17.1. The third-order valence-corrected chi connectivity index (χ3v) is 6.39. The first-order valence-corrected chi connectivity index (χ1v) is 12.3. The predicted molar refractivity (Wildman–Crippen MR) is 135 cm³/mol. The Bertz CT molecular complexity index is 1100. The van der Waals surface area contributed by atoms with Crippen LogP contribution < -0.4 is 16.0 Å². The van der Waals surface area contributed by atoms with Crippen LogP contribution in [0.15, 0.2) is 41.0 Å². The van der Waals surface area contributed by atoms with Gasteiger partial charge in [0.25, 0.3) is 5.91 Å². The van der Waals surface area contributed by atoms with Gasteiger partial charge in [0.1, 0.15) is 11.8 Å². The molecule has 11 heteroatoms. The van der Waals surface area contributed by atoms with Gasteiger partial charge in [-0.05, 0) is 48.7 Å². The van der Waals surface area contributed by atoms with Crippen molar-refractivity contribution in [1.29, 1.82) is 0 Å². The van der Waals surface area contributed by atoms with Gasteiger partial charge >= 0.3 is 5.97 Å². The molecule has 1 aliphatic rings. The second kappa shape index (κ2) is 13.1. The zero-order chi connectivity index (χ0) is 26.1. The van der Waals surface area contributed by atoms with Gasteiger partial charge in [0.05, 0.1) is 21.9 Å². The maximum absolute atomic E-state index is 12.8. The second-order valence-corrected chi connectivity index (χ2v) is 9.26. The standard InChI is InChI=1S/C25H27Cl2N3O6/c26-18-11-15(13-28-21(31)9-8-17-7-4-10-36-17)12-19(27)22(18)24(33)30-20(25(34)35)14-29-23(32)16-5-2-1-3-6-16/h4,7-12,16,20H,1-3,5-6,13-14H2,(H,28,31)(H,29,32)(H,30,33)(H,34,35)/b9-8+. The molecule has 1 fully saturated rings. The van der Waals surface area contributed by atoms with Crippen LogP contribution in [0.4, 0.5) is 0 Å². The van der Waals surface area contributed by atoms with Crippen LogP contribution in [0.2, 0.25) is 10.0 Å². The Hall–Kier alpha value is -3.30. The zero-order valence-electron chi connectivity index (χ0n) is 19.4. The van der Waals surface area contributed by atoms with E-state index in [4.69, 9.17) is 27.6 Å². The number of carboxylic acids is 1. The fraction of sp³-hybridized carbons (Fsp3) is 0.360. The average molecular weight is 536 g/mol. The lowest BCUT2D eigenvalue weighted by molar-refractivity contribution is -0.139. The van der Waals surface area contributed by atoms with E-state index in [1.807, 2.05) is 0 Å². The molecule has 0 bridgehead atoms. The molecule has 3 rings (SSSR count). The fourth-order valence-corrected chi connectivity index (χ4v) is 4.58. The molecule has 36 heavy (non-hydrogen) atoms. The molecule has 3 amide bonds. The number of nitrogens with one attached hydrogen (secondary N) is 3. The lowest BCUT2D eigenvalue weighted by Gasteiger charge is -2.22. The molecule has 0 aliphatic heterocycles. The molecule has 1 atom stereocenters. The van der Waals surface area contributed by atoms with E-state index in [0.717, 1.165) is 32.1 Å². The average Bonchev–Trinajstić information content (AvgIpc) is 3.37. The van der Waals surface area contributed by atoms with Crippen molar-refractivity contribution < 1.29 is 28.7 Å². The normalized spacial score (nSPS) is 14.8. The van der Waals surface area contributed by atoms with Gasteiger partial charge in [-0.2, -0.15) is 0 Å². The van der Waals surface area contributed by atoms with Gasteiger partial charge in [-0.1, -0.05) is 42.5 Å². The summed E-state index contributed by atoms with van der Waals surface area (Å²) < 4.78 is 5.11. The molecule has 1 unspecified atom stereocenters. The van der Waals surface area contributed by atoms with Gasteiger partial charge in [-0.15, -0.1) is 0 Å². The van der Waals surface area contributed by atoms with Crippen molar-refractivity contribution in [3.63, 3.8) is 0 Å². The van der Waals surface area contributed by atoms with Crippen LogP contribution in [0.1, 0.15) is 53.8 Å². The van der Waals surface area contributed by atoms with Crippen molar-refractivity contribution in [2.24, 2.45) is 5.92 Å². The minimum atomic E-state index is -1.36. The van der Waals surface area contributed by atoms with E-state index < -0.39 is 17.9 Å². The highest BCUT2D eigenvalue weighted by atomic mass is 35.5. The number of aliphatic carboxylic acids is 1. The highest BCUT2D eigenvalue weighted by molar-refractivity contribution is 6.39. The van der Waals surface area contributed by atoms with Crippen LogP contribution in [0, 0.1) is 5.92 Å². The molecule has 192 valence electrons. The van der Waals surface area contributed by atoms with Gasteiger partial charge in [0, 0.05) is 25.1 Å². The van der Waals surface area contributed by atoms with Gasteiger partial charge in [-0.25, -0.2) is 4.79 Å². The quantitative estimate of drug-likeness (QED) is 0.341. The highest BCUT2D eigenvalue weighted by Crippen LogP contribution is 2.27. The molecule has 9 nitrogen and oxygen atoms in total. The van der Waals surface area contributed by atoms with Crippen molar-refractivity contribution in [1.82, 2.24) is 16.0 Å². The number of hydrogen-bond acceptors (Lipinski definition) is 5. The number of rotatable bonds is 10. The Kier molecular flexibility index (Phi) is 9.95.